The zero-order chi connectivity index (χ0) is 17.4. The van der Waals surface area contributed by atoms with Gasteiger partial charge in [-0.1, -0.05) is 6.07 Å². The highest BCUT2D eigenvalue weighted by Crippen LogP contribution is 2.30. The molecule has 3 aromatic rings. The summed E-state index contributed by atoms with van der Waals surface area (Å²) in [5, 5.41) is 1.08. The van der Waals surface area contributed by atoms with Gasteiger partial charge in [-0.25, -0.2) is 15.0 Å². The molecule has 1 aliphatic heterocycles. The van der Waals surface area contributed by atoms with Crippen LogP contribution in [0.3, 0.4) is 0 Å². The fourth-order valence-electron chi connectivity index (χ4n) is 3.36. The van der Waals surface area contributed by atoms with E-state index in [1.54, 1.807) is 6.33 Å². The molecule has 4 rings (SSSR count). The molecule has 1 aliphatic rings. The Morgan fingerprint density at radius 1 is 1.00 bits per heavy atom. The zero-order valence-electron chi connectivity index (χ0n) is 14.6. The Morgan fingerprint density at radius 3 is 2.56 bits per heavy atom. The van der Waals surface area contributed by atoms with Crippen molar-refractivity contribution >= 4 is 22.5 Å². The van der Waals surface area contributed by atoms with E-state index in [2.05, 4.69) is 56.9 Å². The second-order valence-corrected chi connectivity index (χ2v) is 6.64. The molecule has 0 bridgehead atoms. The number of aryl methyl sites for hydroxylation is 1. The fourth-order valence-corrected chi connectivity index (χ4v) is 3.36. The number of benzene rings is 1. The number of piperazine rings is 1. The minimum Gasteiger partial charge on any atom is -0.384 e. The predicted octanol–water partition coefficient (Wildman–Crippen LogP) is 2.33. The lowest BCUT2D eigenvalue weighted by Crippen LogP contribution is -2.44. The van der Waals surface area contributed by atoms with Crippen molar-refractivity contribution in [3.63, 3.8) is 0 Å². The zero-order valence-corrected chi connectivity index (χ0v) is 14.6. The molecule has 1 saturated heterocycles. The molecule has 6 nitrogen and oxygen atoms in total. The van der Waals surface area contributed by atoms with E-state index in [-0.39, 0.29) is 0 Å². The number of aromatic nitrogens is 3. The average Bonchev–Trinajstić information content (AvgIpc) is 2.62. The number of pyridine rings is 1. The predicted molar refractivity (Wildman–Crippen MR) is 102 cm³/mol. The number of likely N-dealkylation sites (N-methyl/N-ethyl adjacent to an activating group) is 1. The number of nitrogens with zero attached hydrogens (tertiary/aromatic N) is 5. The molecule has 0 spiro atoms. The molecule has 1 fully saturated rings. The molecule has 0 radical (unpaired) electrons. The molecule has 2 aromatic heterocycles. The fraction of sp³-hybridized carbons (Fsp3) is 0.316. The van der Waals surface area contributed by atoms with Crippen LogP contribution in [0.25, 0.3) is 22.0 Å². The van der Waals surface area contributed by atoms with Gasteiger partial charge in [-0.15, -0.1) is 0 Å². The van der Waals surface area contributed by atoms with Gasteiger partial charge in [0, 0.05) is 43.3 Å². The number of hydrogen-bond donors (Lipinski definition) is 1. The summed E-state index contributed by atoms with van der Waals surface area (Å²) in [4.78, 5) is 18.0. The van der Waals surface area contributed by atoms with Gasteiger partial charge in [0.15, 0.2) is 0 Å². The second-order valence-electron chi connectivity index (χ2n) is 6.64. The van der Waals surface area contributed by atoms with Gasteiger partial charge in [0.05, 0.1) is 5.52 Å². The largest absolute Gasteiger partial charge is 0.384 e. The van der Waals surface area contributed by atoms with E-state index in [1.165, 1.54) is 0 Å². The highest BCUT2D eigenvalue weighted by molar-refractivity contribution is 5.93. The maximum atomic E-state index is 5.79. The number of rotatable bonds is 2. The molecular formula is C19H22N6. The van der Waals surface area contributed by atoms with Crippen molar-refractivity contribution in [2.24, 2.45) is 0 Å². The molecule has 0 amide bonds. The standard InChI is InChI=1S/C19H22N6/c1-13-9-18(20)21-11-16(13)14-3-4-17-15(10-14)19(23-12-22-17)25-7-5-24(2)6-8-25/h3-4,9-12H,5-8H2,1-2H3,(H2,20,21). The van der Waals surface area contributed by atoms with Crippen LogP contribution in [0.15, 0.2) is 36.8 Å². The van der Waals surface area contributed by atoms with Crippen molar-refractivity contribution in [2.75, 3.05) is 43.9 Å². The van der Waals surface area contributed by atoms with Gasteiger partial charge in [-0.2, -0.15) is 0 Å². The maximum absolute atomic E-state index is 5.79. The number of hydrogen-bond acceptors (Lipinski definition) is 6. The van der Waals surface area contributed by atoms with Gasteiger partial charge >= 0.3 is 0 Å². The summed E-state index contributed by atoms with van der Waals surface area (Å²) >= 11 is 0. The van der Waals surface area contributed by atoms with Crippen LogP contribution in [0.5, 0.6) is 0 Å². The second kappa shape index (κ2) is 6.29. The quantitative estimate of drug-likeness (QED) is 0.775. The molecule has 0 aliphatic carbocycles. The van der Waals surface area contributed by atoms with Crippen LogP contribution in [-0.4, -0.2) is 53.1 Å². The summed E-state index contributed by atoms with van der Waals surface area (Å²) in [6.07, 6.45) is 3.50. The lowest BCUT2D eigenvalue weighted by atomic mass is 10.0. The third kappa shape index (κ3) is 3.00. The van der Waals surface area contributed by atoms with Crippen LogP contribution < -0.4 is 10.6 Å². The summed E-state index contributed by atoms with van der Waals surface area (Å²) in [6.45, 7) is 6.11. The van der Waals surface area contributed by atoms with Crippen molar-refractivity contribution < 1.29 is 0 Å². The summed E-state index contributed by atoms with van der Waals surface area (Å²) in [5.41, 5.74) is 10.1. The number of fused-ring (bicyclic) bond motifs is 1. The van der Waals surface area contributed by atoms with Crippen LogP contribution in [0.4, 0.5) is 11.6 Å². The van der Waals surface area contributed by atoms with Crippen LogP contribution in [0, 0.1) is 6.92 Å². The lowest BCUT2D eigenvalue weighted by Gasteiger charge is -2.33. The van der Waals surface area contributed by atoms with E-state index in [4.69, 9.17) is 5.73 Å². The molecular weight excluding hydrogens is 312 g/mol. The van der Waals surface area contributed by atoms with E-state index in [0.29, 0.717) is 5.82 Å². The minimum atomic E-state index is 0.545. The van der Waals surface area contributed by atoms with E-state index in [1.807, 2.05) is 12.3 Å². The Hall–Kier alpha value is -2.73. The van der Waals surface area contributed by atoms with E-state index < -0.39 is 0 Å². The van der Waals surface area contributed by atoms with Gasteiger partial charge in [0.1, 0.15) is 18.0 Å². The van der Waals surface area contributed by atoms with Crippen molar-refractivity contribution in [1.29, 1.82) is 0 Å². The highest BCUT2D eigenvalue weighted by atomic mass is 15.3. The van der Waals surface area contributed by atoms with Gasteiger partial charge in [0.2, 0.25) is 0 Å². The van der Waals surface area contributed by atoms with Gasteiger partial charge < -0.3 is 15.5 Å². The molecule has 3 heterocycles. The number of anilines is 2. The Kier molecular flexibility index (Phi) is 3.97. The summed E-state index contributed by atoms with van der Waals surface area (Å²) in [5.74, 6) is 1.56. The van der Waals surface area contributed by atoms with E-state index in [0.717, 1.165) is 59.6 Å². The summed E-state index contributed by atoms with van der Waals surface area (Å²) in [6, 6.07) is 8.22. The SMILES string of the molecule is Cc1cc(N)ncc1-c1ccc2ncnc(N3CCN(C)CC3)c2c1. The van der Waals surface area contributed by atoms with Gasteiger partial charge in [-0.05, 0) is 43.3 Å². The Bertz CT molecular complexity index is 915. The van der Waals surface area contributed by atoms with Crippen molar-refractivity contribution in [1.82, 2.24) is 19.9 Å². The average molecular weight is 334 g/mol. The molecule has 128 valence electrons. The van der Waals surface area contributed by atoms with Crippen molar-refractivity contribution in [2.45, 2.75) is 6.92 Å². The van der Waals surface area contributed by atoms with Crippen LogP contribution in [0.2, 0.25) is 0 Å². The lowest BCUT2D eigenvalue weighted by molar-refractivity contribution is 0.312. The first-order valence-electron chi connectivity index (χ1n) is 8.52. The van der Waals surface area contributed by atoms with Crippen LogP contribution >= 0.6 is 0 Å². The third-order valence-electron chi connectivity index (χ3n) is 4.86. The first kappa shape index (κ1) is 15.8. The van der Waals surface area contributed by atoms with Gasteiger partial charge in [0.25, 0.3) is 0 Å². The molecule has 2 N–H and O–H groups in total. The smallest absolute Gasteiger partial charge is 0.139 e. The maximum Gasteiger partial charge on any atom is 0.139 e. The van der Waals surface area contributed by atoms with Crippen molar-refractivity contribution in [3.8, 4) is 11.1 Å². The molecule has 0 unspecified atom stereocenters. The first-order chi connectivity index (χ1) is 12.1. The minimum absolute atomic E-state index is 0.545. The Labute approximate surface area is 147 Å². The Balaban J connectivity index is 1.80. The molecule has 0 saturated carbocycles. The Morgan fingerprint density at radius 2 is 1.80 bits per heavy atom. The monoisotopic (exact) mass is 334 g/mol. The summed E-state index contributed by atoms with van der Waals surface area (Å²) in [7, 11) is 2.16. The van der Waals surface area contributed by atoms with Gasteiger partial charge in [-0.3, -0.25) is 0 Å². The molecule has 25 heavy (non-hydrogen) atoms. The number of nitrogens with two attached hydrogens (primary N) is 1. The first-order valence-corrected chi connectivity index (χ1v) is 8.52. The number of nitrogen functional groups attached to an aromatic ring is 1. The topological polar surface area (TPSA) is 71.2 Å². The highest BCUT2D eigenvalue weighted by Gasteiger charge is 2.18. The van der Waals surface area contributed by atoms with Crippen LogP contribution in [-0.2, 0) is 0 Å². The summed E-state index contributed by atoms with van der Waals surface area (Å²) < 4.78 is 0. The molecule has 1 aromatic carbocycles. The normalized spacial score (nSPS) is 15.7. The van der Waals surface area contributed by atoms with Crippen molar-refractivity contribution in [3.05, 3.63) is 42.4 Å². The van der Waals surface area contributed by atoms with Crippen LogP contribution in [0.1, 0.15) is 5.56 Å². The molecule has 6 heteroatoms. The molecule has 0 atom stereocenters. The van der Waals surface area contributed by atoms with E-state index >= 15 is 0 Å². The third-order valence-corrected chi connectivity index (χ3v) is 4.86. The van der Waals surface area contributed by atoms with E-state index in [9.17, 15) is 0 Å².